The molecule has 2 heterocycles. The van der Waals surface area contributed by atoms with Gasteiger partial charge in [-0.3, -0.25) is 23.8 Å². The number of amides is 1. The highest BCUT2D eigenvalue weighted by atomic mass is 35.5. The molecule has 0 aliphatic heterocycles. The molecule has 160 valence electrons. The molecule has 2 aromatic heterocycles. The van der Waals surface area contributed by atoms with E-state index in [0.29, 0.717) is 23.0 Å². The van der Waals surface area contributed by atoms with Crippen LogP contribution in [0.15, 0.2) is 9.59 Å². The Morgan fingerprint density at radius 1 is 1.21 bits per heavy atom. The van der Waals surface area contributed by atoms with Crippen molar-refractivity contribution in [3.05, 3.63) is 37.2 Å². The number of nitrogens with zero attached hydrogens (tertiary/aromatic N) is 4. The number of nitrogens with two attached hydrogens (primary N) is 1. The Balaban J connectivity index is 2.55. The molecule has 0 fully saturated rings. The summed E-state index contributed by atoms with van der Waals surface area (Å²) in [4.78, 5) is 41.6. The van der Waals surface area contributed by atoms with E-state index in [1.165, 1.54) is 14.1 Å². The fraction of sp³-hybridized carbons (Fsp3) is 0.579. The molecule has 0 spiro atoms. The number of H-pyrrole nitrogens is 1. The Morgan fingerprint density at radius 3 is 2.31 bits per heavy atom. The number of nitrogens with one attached hydrogen (secondary N) is 1. The van der Waals surface area contributed by atoms with Crippen molar-refractivity contribution in [2.45, 2.75) is 54.6 Å². The largest absolute Gasteiger partial charge is 0.383 e. The summed E-state index contributed by atoms with van der Waals surface area (Å²) in [5, 5.41) is 4.78. The lowest BCUT2D eigenvalue weighted by Crippen LogP contribution is -2.44. The lowest BCUT2D eigenvalue weighted by atomic mass is 10.2. The number of hydrogen-bond donors (Lipinski definition) is 2. The maximum atomic E-state index is 13.2. The number of hydrogen-bond acceptors (Lipinski definition) is 5. The van der Waals surface area contributed by atoms with Gasteiger partial charge in [-0.15, -0.1) is 0 Å². The predicted octanol–water partition coefficient (Wildman–Crippen LogP) is 1.93. The van der Waals surface area contributed by atoms with E-state index in [1.807, 2.05) is 27.7 Å². The monoisotopic (exact) mass is 424 g/mol. The number of carbonyl (C=O) groups excluding carboxylic acids is 1. The zero-order chi connectivity index (χ0) is 22.0. The highest BCUT2D eigenvalue weighted by molar-refractivity contribution is 6.31. The summed E-state index contributed by atoms with van der Waals surface area (Å²) in [6.07, 6.45) is 0. The summed E-state index contributed by atoms with van der Waals surface area (Å²) >= 11 is 6.18. The SMILES string of the molecule is Cc1nn(CC(=O)N(CC(C)C)c2c(N)n(CC(C)C)c(=O)[nH]c2=O)c(C)c1Cl. The van der Waals surface area contributed by atoms with Crippen LogP contribution in [0.1, 0.15) is 39.1 Å². The number of carbonyl (C=O) groups is 1. The number of rotatable bonds is 7. The van der Waals surface area contributed by atoms with Crippen LogP contribution >= 0.6 is 11.6 Å². The van der Waals surface area contributed by atoms with E-state index in [4.69, 9.17) is 17.3 Å². The van der Waals surface area contributed by atoms with E-state index in [1.54, 1.807) is 13.8 Å². The first kappa shape index (κ1) is 22.7. The fourth-order valence-electron chi connectivity index (χ4n) is 3.11. The standard InChI is InChI=1S/C19H29ClN6O3/c1-10(2)7-24(14(27)9-26-13(6)15(20)12(5)23-26)16-17(21)25(8-11(3)4)19(29)22-18(16)28/h10-11H,7-9,21H2,1-6H3,(H,22,28,29). The lowest BCUT2D eigenvalue weighted by Gasteiger charge is -2.26. The van der Waals surface area contributed by atoms with Crippen molar-refractivity contribution in [3.63, 3.8) is 0 Å². The smallest absolute Gasteiger partial charge is 0.330 e. The molecular weight excluding hydrogens is 396 g/mol. The molecular formula is C19H29ClN6O3. The number of aryl methyl sites for hydroxylation is 1. The summed E-state index contributed by atoms with van der Waals surface area (Å²) in [7, 11) is 0. The fourth-order valence-corrected chi connectivity index (χ4v) is 3.25. The van der Waals surface area contributed by atoms with Crippen LogP contribution in [0.3, 0.4) is 0 Å². The van der Waals surface area contributed by atoms with Gasteiger partial charge >= 0.3 is 5.69 Å². The molecule has 2 rings (SSSR count). The first-order valence-corrected chi connectivity index (χ1v) is 9.94. The third-order valence-electron chi connectivity index (χ3n) is 4.46. The first-order chi connectivity index (χ1) is 13.4. The van der Waals surface area contributed by atoms with Crippen LogP contribution < -0.4 is 21.9 Å². The number of nitrogen functional groups attached to an aromatic ring is 1. The van der Waals surface area contributed by atoms with Crippen molar-refractivity contribution in [1.82, 2.24) is 19.3 Å². The van der Waals surface area contributed by atoms with Gasteiger partial charge in [0, 0.05) is 13.1 Å². The molecule has 10 heteroatoms. The van der Waals surface area contributed by atoms with Crippen molar-refractivity contribution in [3.8, 4) is 0 Å². The van der Waals surface area contributed by atoms with Gasteiger partial charge in [0.1, 0.15) is 12.4 Å². The Labute approximate surface area is 174 Å². The molecule has 0 aliphatic carbocycles. The van der Waals surface area contributed by atoms with Crippen molar-refractivity contribution < 1.29 is 4.79 Å². The molecule has 0 unspecified atom stereocenters. The number of aromatic nitrogens is 4. The summed E-state index contributed by atoms with van der Waals surface area (Å²) in [5.41, 5.74) is 6.19. The molecule has 3 N–H and O–H groups in total. The second-order valence-electron chi connectivity index (χ2n) is 8.04. The van der Waals surface area contributed by atoms with Crippen molar-refractivity contribution in [2.24, 2.45) is 11.8 Å². The highest BCUT2D eigenvalue weighted by Crippen LogP contribution is 2.22. The summed E-state index contributed by atoms with van der Waals surface area (Å²) in [5.74, 6) is -0.201. The van der Waals surface area contributed by atoms with E-state index < -0.39 is 11.2 Å². The van der Waals surface area contributed by atoms with Gasteiger partial charge in [-0.05, 0) is 25.7 Å². The maximum Gasteiger partial charge on any atom is 0.330 e. The van der Waals surface area contributed by atoms with Gasteiger partial charge in [-0.1, -0.05) is 39.3 Å². The van der Waals surface area contributed by atoms with Crippen molar-refractivity contribution in [2.75, 3.05) is 17.2 Å². The van der Waals surface area contributed by atoms with Crippen LogP contribution in [0.2, 0.25) is 5.02 Å². The molecule has 0 atom stereocenters. The average molecular weight is 425 g/mol. The van der Waals surface area contributed by atoms with E-state index >= 15 is 0 Å². The molecule has 1 amide bonds. The van der Waals surface area contributed by atoms with E-state index in [0.717, 1.165) is 0 Å². The summed E-state index contributed by atoms with van der Waals surface area (Å²) in [6, 6.07) is 0. The minimum atomic E-state index is -0.687. The summed E-state index contributed by atoms with van der Waals surface area (Å²) < 4.78 is 2.80. The van der Waals surface area contributed by atoms with Gasteiger partial charge in [-0.2, -0.15) is 5.10 Å². The number of aromatic amines is 1. The van der Waals surface area contributed by atoms with Gasteiger partial charge in [0.15, 0.2) is 5.69 Å². The first-order valence-electron chi connectivity index (χ1n) is 9.56. The van der Waals surface area contributed by atoms with E-state index in [9.17, 15) is 14.4 Å². The molecule has 0 aliphatic rings. The minimum Gasteiger partial charge on any atom is -0.383 e. The third kappa shape index (κ3) is 4.90. The molecule has 2 aromatic rings. The van der Waals surface area contributed by atoms with Gasteiger partial charge in [0.2, 0.25) is 5.91 Å². The zero-order valence-electron chi connectivity index (χ0n) is 17.7. The van der Waals surface area contributed by atoms with Crippen LogP contribution in [-0.4, -0.2) is 31.8 Å². The van der Waals surface area contributed by atoms with Crippen molar-refractivity contribution in [1.29, 1.82) is 0 Å². The van der Waals surface area contributed by atoms with Gasteiger partial charge < -0.3 is 10.6 Å². The van der Waals surface area contributed by atoms with Crippen LogP contribution in [0.25, 0.3) is 0 Å². The Morgan fingerprint density at radius 2 is 1.83 bits per heavy atom. The second-order valence-corrected chi connectivity index (χ2v) is 8.42. The maximum absolute atomic E-state index is 13.2. The normalized spacial score (nSPS) is 11.5. The third-order valence-corrected chi connectivity index (χ3v) is 5.01. The molecule has 0 aromatic carbocycles. The van der Waals surface area contributed by atoms with Crippen LogP contribution in [0, 0.1) is 25.7 Å². The zero-order valence-corrected chi connectivity index (χ0v) is 18.5. The van der Waals surface area contributed by atoms with Gasteiger partial charge in [0.05, 0.1) is 16.4 Å². The quantitative estimate of drug-likeness (QED) is 0.703. The van der Waals surface area contributed by atoms with Crippen molar-refractivity contribution >= 4 is 29.0 Å². The molecule has 0 saturated heterocycles. The van der Waals surface area contributed by atoms with Crippen LogP contribution in [0.4, 0.5) is 11.5 Å². The molecule has 0 radical (unpaired) electrons. The lowest BCUT2D eigenvalue weighted by molar-refractivity contribution is -0.119. The van der Waals surface area contributed by atoms with Gasteiger partial charge in [0.25, 0.3) is 5.56 Å². The Hall–Kier alpha value is -2.55. The Bertz CT molecular complexity index is 1020. The predicted molar refractivity (Wildman–Crippen MR) is 114 cm³/mol. The Kier molecular flexibility index (Phi) is 6.94. The second kappa shape index (κ2) is 8.86. The van der Waals surface area contributed by atoms with Gasteiger partial charge in [-0.25, -0.2) is 4.79 Å². The minimum absolute atomic E-state index is 0.0171. The molecule has 29 heavy (non-hydrogen) atoms. The number of anilines is 2. The molecule has 0 bridgehead atoms. The number of halogens is 1. The highest BCUT2D eigenvalue weighted by Gasteiger charge is 2.26. The molecule has 0 saturated carbocycles. The average Bonchev–Trinajstić information content (AvgIpc) is 2.84. The summed E-state index contributed by atoms with van der Waals surface area (Å²) in [6.45, 7) is 11.7. The van der Waals surface area contributed by atoms with E-state index in [-0.39, 0.29) is 42.3 Å². The molecule has 9 nitrogen and oxygen atoms in total. The topological polar surface area (TPSA) is 119 Å². The van der Waals surface area contributed by atoms with Crippen LogP contribution in [-0.2, 0) is 17.9 Å². The van der Waals surface area contributed by atoms with Crippen LogP contribution in [0.5, 0.6) is 0 Å². The van der Waals surface area contributed by atoms with E-state index in [2.05, 4.69) is 10.1 Å².